The summed E-state index contributed by atoms with van der Waals surface area (Å²) in [5.41, 5.74) is 0.980. The Hall–Kier alpha value is -2.34. The molecule has 1 radical (unpaired) electrons. The molecule has 0 aliphatic carbocycles. The molecule has 5 heteroatoms. The molecular formula is C24H28AgN4. The number of unbranched alkanes of at least 4 members (excludes halogenated alkanes) is 9. The van der Waals surface area contributed by atoms with Gasteiger partial charge in [-0.25, -0.2) is 0 Å². The Balaban J connectivity index is 0.00000784. The second-order valence-electron chi connectivity index (χ2n) is 7.00. The summed E-state index contributed by atoms with van der Waals surface area (Å²) < 4.78 is 0. The van der Waals surface area contributed by atoms with Gasteiger partial charge in [0, 0.05) is 32.8 Å². The molecule has 0 amide bonds. The number of hydrogen-bond acceptors (Lipinski definition) is 4. The van der Waals surface area contributed by atoms with Crippen LogP contribution in [0, 0.1) is 45.3 Å². The van der Waals surface area contributed by atoms with E-state index in [0.29, 0.717) is 10.4 Å². The van der Waals surface area contributed by atoms with Gasteiger partial charge in [-0.15, -0.1) is 0 Å². The van der Waals surface area contributed by atoms with Gasteiger partial charge in [-0.2, -0.15) is 21.0 Å². The van der Waals surface area contributed by atoms with E-state index >= 15 is 0 Å². The zero-order chi connectivity index (χ0) is 20.6. The molecule has 0 aliphatic heterocycles. The minimum Gasteiger partial charge on any atom is -0.192 e. The maximum absolute atomic E-state index is 9.20. The third-order valence-corrected chi connectivity index (χ3v) is 4.91. The van der Waals surface area contributed by atoms with Crippen LogP contribution in [-0.4, -0.2) is 0 Å². The number of benzene rings is 1. The van der Waals surface area contributed by atoms with Gasteiger partial charge in [0.05, 0.1) is 0 Å². The Morgan fingerprint density at radius 1 is 0.690 bits per heavy atom. The zero-order valence-electron chi connectivity index (χ0n) is 17.1. The molecule has 1 aromatic carbocycles. The van der Waals surface area contributed by atoms with Crippen molar-refractivity contribution in [3.63, 3.8) is 0 Å². The van der Waals surface area contributed by atoms with Crippen LogP contribution in [0.5, 0.6) is 0 Å². The van der Waals surface area contributed by atoms with E-state index in [1.165, 1.54) is 51.4 Å². The van der Waals surface area contributed by atoms with E-state index in [1.807, 2.05) is 24.3 Å². The standard InChI is InChI=1S/C24H28N4.Ag/c1-2-3-4-5-6-7-8-9-10-11-12-21-15-20(22(16-25)17-26)13-14-24(21)23(18-27)19-28;/h13-15H,2-12H2,1H3;. The van der Waals surface area contributed by atoms with Crippen LogP contribution in [-0.2, 0) is 28.8 Å². The normalized spacial score (nSPS) is 9.28. The maximum Gasteiger partial charge on any atom is 0.137 e. The van der Waals surface area contributed by atoms with Crippen LogP contribution < -0.4 is 10.4 Å². The Morgan fingerprint density at radius 2 is 1.17 bits per heavy atom. The van der Waals surface area contributed by atoms with Crippen molar-refractivity contribution in [3.05, 3.63) is 34.2 Å². The zero-order valence-corrected chi connectivity index (χ0v) is 18.6. The fourth-order valence-electron chi connectivity index (χ4n) is 3.30. The Labute approximate surface area is 190 Å². The van der Waals surface area contributed by atoms with Crippen LogP contribution in [0.1, 0.15) is 76.7 Å². The quantitative estimate of drug-likeness (QED) is 0.343. The number of rotatable bonds is 11. The van der Waals surface area contributed by atoms with Gasteiger partial charge in [-0.3, -0.25) is 0 Å². The molecule has 29 heavy (non-hydrogen) atoms. The molecule has 0 atom stereocenters. The number of nitriles is 4. The van der Waals surface area contributed by atoms with Gasteiger partial charge in [-0.1, -0.05) is 76.8 Å². The third kappa shape index (κ3) is 9.61. The summed E-state index contributed by atoms with van der Waals surface area (Å²) in [5, 5.41) is 37.7. The van der Waals surface area contributed by atoms with Gasteiger partial charge in [0.2, 0.25) is 0 Å². The first kappa shape index (κ1) is 26.7. The van der Waals surface area contributed by atoms with Crippen molar-refractivity contribution in [3.8, 4) is 24.3 Å². The SMILES string of the molecule is CCCCCCCCCCCCc1cc(=C(C#N)C#N)ccc1=C(C#N)C#N.[Ag]. The van der Waals surface area contributed by atoms with E-state index in [-0.39, 0.29) is 33.5 Å². The fourth-order valence-corrected chi connectivity index (χ4v) is 3.30. The second-order valence-corrected chi connectivity index (χ2v) is 7.00. The minimum absolute atomic E-state index is 0. The molecule has 0 unspecified atom stereocenters. The molecule has 1 aromatic rings. The summed E-state index contributed by atoms with van der Waals surface area (Å²) >= 11 is 0. The number of nitrogens with zero attached hydrogens (tertiary/aromatic N) is 4. The molecule has 0 spiro atoms. The summed E-state index contributed by atoms with van der Waals surface area (Å²) in [7, 11) is 0. The molecule has 0 aromatic heterocycles. The maximum atomic E-state index is 9.20. The molecule has 0 heterocycles. The van der Waals surface area contributed by atoms with E-state index in [4.69, 9.17) is 10.5 Å². The van der Waals surface area contributed by atoms with Crippen molar-refractivity contribution in [2.75, 3.05) is 0 Å². The summed E-state index contributed by atoms with van der Waals surface area (Å²) in [6.45, 7) is 2.23. The molecule has 0 bridgehead atoms. The number of aryl methyl sites for hydroxylation is 1. The first-order valence-corrected chi connectivity index (χ1v) is 10.2. The predicted octanol–water partition coefficient (Wildman–Crippen LogP) is 4.54. The average molecular weight is 480 g/mol. The topological polar surface area (TPSA) is 95.2 Å². The van der Waals surface area contributed by atoms with Crippen molar-refractivity contribution in [2.24, 2.45) is 0 Å². The molecule has 4 nitrogen and oxygen atoms in total. The van der Waals surface area contributed by atoms with Crippen molar-refractivity contribution in [2.45, 2.75) is 77.6 Å². The van der Waals surface area contributed by atoms with E-state index in [2.05, 4.69) is 6.92 Å². The van der Waals surface area contributed by atoms with Crippen LogP contribution in [0.4, 0.5) is 0 Å². The van der Waals surface area contributed by atoms with E-state index in [0.717, 1.165) is 24.8 Å². The van der Waals surface area contributed by atoms with Gasteiger partial charge in [-0.05, 0) is 24.5 Å². The summed E-state index contributed by atoms with van der Waals surface area (Å²) in [4.78, 5) is 0. The summed E-state index contributed by atoms with van der Waals surface area (Å²) in [6.07, 6.45) is 13.1. The molecule has 0 fully saturated rings. The Morgan fingerprint density at radius 3 is 1.66 bits per heavy atom. The molecular weight excluding hydrogens is 452 g/mol. The van der Waals surface area contributed by atoms with Crippen molar-refractivity contribution >= 4 is 11.1 Å². The van der Waals surface area contributed by atoms with Crippen molar-refractivity contribution in [1.82, 2.24) is 0 Å². The number of hydrogen-bond donors (Lipinski definition) is 0. The molecule has 0 saturated heterocycles. The van der Waals surface area contributed by atoms with Crippen LogP contribution in [0.2, 0.25) is 0 Å². The molecule has 1 rings (SSSR count). The second kappa shape index (κ2) is 16.6. The minimum atomic E-state index is 0. The van der Waals surface area contributed by atoms with Crippen LogP contribution in [0.3, 0.4) is 0 Å². The van der Waals surface area contributed by atoms with Crippen LogP contribution in [0.15, 0.2) is 18.2 Å². The van der Waals surface area contributed by atoms with Gasteiger partial charge >= 0.3 is 0 Å². The third-order valence-electron chi connectivity index (χ3n) is 4.91. The first-order valence-electron chi connectivity index (χ1n) is 10.2. The van der Waals surface area contributed by atoms with Gasteiger partial charge in [0.15, 0.2) is 0 Å². The van der Waals surface area contributed by atoms with E-state index in [1.54, 1.807) is 18.2 Å². The van der Waals surface area contributed by atoms with E-state index in [9.17, 15) is 10.5 Å². The van der Waals surface area contributed by atoms with E-state index < -0.39 is 0 Å². The van der Waals surface area contributed by atoms with Crippen molar-refractivity contribution < 1.29 is 22.4 Å². The summed E-state index contributed by atoms with van der Waals surface area (Å²) in [5.74, 6) is 0. The van der Waals surface area contributed by atoms with Gasteiger partial charge < -0.3 is 0 Å². The largest absolute Gasteiger partial charge is 0.192 e. The van der Waals surface area contributed by atoms with Crippen LogP contribution >= 0.6 is 0 Å². The average Bonchev–Trinajstić information content (AvgIpc) is 2.72. The summed E-state index contributed by atoms with van der Waals surface area (Å²) in [6, 6.07) is 12.8. The first-order chi connectivity index (χ1) is 13.7. The molecule has 0 aliphatic rings. The molecule has 0 saturated carbocycles. The Bertz CT molecular complexity index is 888. The molecule has 0 N–H and O–H groups in total. The van der Waals surface area contributed by atoms with Crippen LogP contribution in [0.25, 0.3) is 11.1 Å². The predicted molar refractivity (Wildman–Crippen MR) is 111 cm³/mol. The monoisotopic (exact) mass is 479 g/mol. The van der Waals surface area contributed by atoms with Gasteiger partial charge in [0.1, 0.15) is 35.4 Å². The molecule has 155 valence electrons. The van der Waals surface area contributed by atoms with Crippen molar-refractivity contribution in [1.29, 1.82) is 21.0 Å². The Kier molecular flexibility index (Phi) is 15.3. The van der Waals surface area contributed by atoms with Gasteiger partial charge in [0.25, 0.3) is 0 Å². The fraction of sp³-hybridized carbons (Fsp3) is 0.500. The smallest absolute Gasteiger partial charge is 0.137 e.